The zero-order chi connectivity index (χ0) is 16.1. The van der Waals surface area contributed by atoms with Crippen LogP contribution in [0.15, 0.2) is 53.9 Å². The Balaban J connectivity index is 1.88. The van der Waals surface area contributed by atoms with E-state index in [1.165, 1.54) is 0 Å². The number of hydrogen-bond donors (Lipinski definition) is 1. The number of ether oxygens (including phenoxy) is 1. The summed E-state index contributed by atoms with van der Waals surface area (Å²) in [6.45, 7) is 3.27. The minimum Gasteiger partial charge on any atom is -0.494 e. The van der Waals surface area contributed by atoms with E-state index in [9.17, 15) is 0 Å². The Morgan fingerprint density at radius 3 is 2.74 bits per heavy atom. The topological polar surface area (TPSA) is 63.7 Å². The Morgan fingerprint density at radius 1 is 1.26 bits per heavy atom. The van der Waals surface area contributed by atoms with Crippen LogP contribution < -0.4 is 15.5 Å². The number of rotatable bonds is 6. The maximum Gasteiger partial charge on any atom is 0.119 e. The molecule has 1 aromatic carbocycles. The van der Waals surface area contributed by atoms with Crippen LogP contribution in [0, 0.1) is 0 Å². The highest BCUT2D eigenvalue weighted by Gasteiger charge is 2.28. The molecule has 0 amide bonds. The van der Waals surface area contributed by atoms with Crippen molar-refractivity contribution in [3.05, 3.63) is 54.4 Å². The summed E-state index contributed by atoms with van der Waals surface area (Å²) in [6.07, 6.45) is 5.41. The fourth-order valence-electron chi connectivity index (χ4n) is 2.82. The fraction of sp³-hybridized carbons (Fsp3) is 0.333. The van der Waals surface area contributed by atoms with E-state index in [-0.39, 0.29) is 6.04 Å². The van der Waals surface area contributed by atoms with Gasteiger partial charge in [0.25, 0.3) is 0 Å². The molecule has 2 N–H and O–H groups in total. The van der Waals surface area contributed by atoms with E-state index in [0.29, 0.717) is 13.2 Å². The smallest absolute Gasteiger partial charge is 0.119 e. The first-order chi connectivity index (χ1) is 11.3. The van der Waals surface area contributed by atoms with E-state index in [0.717, 1.165) is 35.6 Å². The molecular weight excluding hydrogens is 288 g/mol. The highest BCUT2D eigenvalue weighted by atomic mass is 16.5. The lowest BCUT2D eigenvalue weighted by Crippen LogP contribution is -2.18. The summed E-state index contributed by atoms with van der Waals surface area (Å²) in [6, 6.07) is 12.3. The van der Waals surface area contributed by atoms with Crippen molar-refractivity contribution in [1.29, 1.82) is 0 Å². The molecule has 5 nitrogen and oxygen atoms in total. The number of anilines is 1. The molecule has 120 valence electrons. The molecule has 0 radical (unpaired) electrons. The van der Waals surface area contributed by atoms with Gasteiger partial charge >= 0.3 is 0 Å². The third-order valence-corrected chi connectivity index (χ3v) is 3.89. The summed E-state index contributed by atoms with van der Waals surface area (Å²) >= 11 is 0. The zero-order valence-electron chi connectivity index (χ0n) is 13.4. The van der Waals surface area contributed by atoms with Gasteiger partial charge in [-0.1, -0.05) is 6.07 Å². The quantitative estimate of drug-likeness (QED) is 0.890. The average Bonchev–Trinajstić information content (AvgIpc) is 3.01. The van der Waals surface area contributed by atoms with Crippen molar-refractivity contribution in [2.24, 2.45) is 10.8 Å². The van der Waals surface area contributed by atoms with Crippen LogP contribution in [0.4, 0.5) is 5.69 Å². The van der Waals surface area contributed by atoms with Crippen LogP contribution in [0.5, 0.6) is 5.75 Å². The summed E-state index contributed by atoms with van der Waals surface area (Å²) in [5.41, 5.74) is 9.05. The Hall–Kier alpha value is -2.40. The minimum atomic E-state index is 0.170. The number of hydrogen-bond acceptors (Lipinski definition) is 5. The lowest BCUT2D eigenvalue weighted by Gasteiger charge is -2.24. The number of nitrogens with two attached hydrogens (primary N) is 1. The van der Waals surface area contributed by atoms with Crippen LogP contribution >= 0.6 is 0 Å². The Bertz CT molecular complexity index is 654. The van der Waals surface area contributed by atoms with Gasteiger partial charge in [0, 0.05) is 24.5 Å². The first kappa shape index (κ1) is 15.5. The van der Waals surface area contributed by atoms with Crippen molar-refractivity contribution in [3.8, 4) is 5.75 Å². The van der Waals surface area contributed by atoms with Crippen molar-refractivity contribution < 1.29 is 4.74 Å². The molecule has 0 aliphatic carbocycles. The van der Waals surface area contributed by atoms with Gasteiger partial charge in [0.15, 0.2) is 0 Å². The molecule has 3 rings (SSSR count). The molecule has 2 aromatic rings. The van der Waals surface area contributed by atoms with Crippen molar-refractivity contribution in [3.63, 3.8) is 0 Å². The Labute approximate surface area is 136 Å². The van der Waals surface area contributed by atoms with E-state index in [1.54, 1.807) is 6.20 Å². The third kappa shape index (κ3) is 3.51. The third-order valence-electron chi connectivity index (χ3n) is 3.89. The SMILES string of the molecule is CCOc1ccc(N2N=C(CCN)CC2c2cccnc2)cc1. The van der Waals surface area contributed by atoms with Gasteiger partial charge in [-0.25, -0.2) is 0 Å². The van der Waals surface area contributed by atoms with Crippen LogP contribution in [-0.2, 0) is 0 Å². The van der Waals surface area contributed by atoms with Gasteiger partial charge < -0.3 is 10.5 Å². The Kier molecular flexibility index (Phi) is 4.88. The molecule has 0 bridgehead atoms. The molecule has 0 saturated heterocycles. The summed E-state index contributed by atoms with van der Waals surface area (Å²) in [4.78, 5) is 4.24. The van der Waals surface area contributed by atoms with Crippen molar-refractivity contribution in [2.45, 2.75) is 25.8 Å². The molecule has 1 atom stereocenters. The van der Waals surface area contributed by atoms with E-state index in [2.05, 4.69) is 16.1 Å². The number of benzene rings is 1. The van der Waals surface area contributed by atoms with Crippen LogP contribution in [0.1, 0.15) is 31.4 Å². The maximum absolute atomic E-state index is 5.70. The van der Waals surface area contributed by atoms with Crippen LogP contribution in [0.2, 0.25) is 0 Å². The second-order valence-electron chi connectivity index (χ2n) is 5.48. The summed E-state index contributed by atoms with van der Waals surface area (Å²) < 4.78 is 5.51. The van der Waals surface area contributed by atoms with Crippen LogP contribution in [0.3, 0.4) is 0 Å². The van der Waals surface area contributed by atoms with E-state index in [1.807, 2.05) is 43.5 Å². The maximum atomic E-state index is 5.70. The summed E-state index contributed by atoms with van der Waals surface area (Å²) in [7, 11) is 0. The molecule has 1 aromatic heterocycles. The second-order valence-corrected chi connectivity index (χ2v) is 5.48. The van der Waals surface area contributed by atoms with E-state index >= 15 is 0 Å². The lowest BCUT2D eigenvalue weighted by atomic mass is 10.0. The standard InChI is InChI=1S/C18H22N4O/c1-2-23-17-7-5-16(6-8-17)22-18(12-15(21-22)9-10-19)14-4-3-11-20-13-14/h3-8,11,13,18H,2,9-10,12,19H2,1H3. The van der Waals surface area contributed by atoms with Crippen molar-refractivity contribution in [1.82, 2.24) is 4.98 Å². The van der Waals surface area contributed by atoms with Crippen LogP contribution in [0.25, 0.3) is 0 Å². The van der Waals surface area contributed by atoms with Crippen LogP contribution in [-0.4, -0.2) is 23.8 Å². The van der Waals surface area contributed by atoms with Gasteiger partial charge in [-0.2, -0.15) is 5.10 Å². The largest absolute Gasteiger partial charge is 0.494 e. The summed E-state index contributed by atoms with van der Waals surface area (Å²) in [5, 5.41) is 6.85. The highest BCUT2D eigenvalue weighted by Crippen LogP contribution is 2.36. The molecule has 1 aliphatic rings. The molecule has 1 unspecified atom stereocenters. The molecule has 0 spiro atoms. The molecule has 23 heavy (non-hydrogen) atoms. The first-order valence-corrected chi connectivity index (χ1v) is 8.00. The molecule has 2 heterocycles. The predicted octanol–water partition coefficient (Wildman–Crippen LogP) is 3.14. The molecular formula is C18H22N4O. The zero-order valence-corrected chi connectivity index (χ0v) is 13.4. The summed E-state index contributed by atoms with van der Waals surface area (Å²) in [5.74, 6) is 0.875. The van der Waals surface area contributed by atoms with Gasteiger partial charge in [0.05, 0.1) is 18.3 Å². The number of nitrogens with zero attached hydrogens (tertiary/aromatic N) is 3. The van der Waals surface area contributed by atoms with E-state index < -0.39 is 0 Å². The van der Waals surface area contributed by atoms with Gasteiger partial charge in [-0.3, -0.25) is 9.99 Å². The number of hydrazone groups is 1. The number of aromatic nitrogens is 1. The normalized spacial score (nSPS) is 17.2. The predicted molar refractivity (Wildman–Crippen MR) is 92.8 cm³/mol. The average molecular weight is 310 g/mol. The van der Waals surface area contributed by atoms with Gasteiger partial charge in [-0.15, -0.1) is 0 Å². The highest BCUT2D eigenvalue weighted by molar-refractivity contribution is 5.89. The fourth-order valence-corrected chi connectivity index (χ4v) is 2.82. The van der Waals surface area contributed by atoms with Gasteiger partial charge in [-0.05, 0) is 55.8 Å². The van der Waals surface area contributed by atoms with Crippen molar-refractivity contribution >= 4 is 11.4 Å². The Morgan fingerprint density at radius 2 is 2.09 bits per heavy atom. The molecule has 0 fully saturated rings. The second kappa shape index (κ2) is 7.24. The van der Waals surface area contributed by atoms with Gasteiger partial charge in [0.2, 0.25) is 0 Å². The van der Waals surface area contributed by atoms with Gasteiger partial charge in [0.1, 0.15) is 5.75 Å². The van der Waals surface area contributed by atoms with Crippen molar-refractivity contribution in [2.75, 3.05) is 18.2 Å². The van der Waals surface area contributed by atoms with E-state index in [4.69, 9.17) is 15.6 Å². The molecule has 5 heteroatoms. The molecule has 1 aliphatic heterocycles. The minimum absolute atomic E-state index is 0.170. The monoisotopic (exact) mass is 310 g/mol. The molecule has 0 saturated carbocycles. The number of pyridine rings is 1. The first-order valence-electron chi connectivity index (χ1n) is 8.00. The lowest BCUT2D eigenvalue weighted by molar-refractivity contribution is 0.340.